The van der Waals surface area contributed by atoms with E-state index in [0.717, 1.165) is 10.0 Å². The molecule has 7 heteroatoms. The van der Waals surface area contributed by atoms with Crippen LogP contribution in [0.15, 0.2) is 28.2 Å². The average Bonchev–Trinajstić information content (AvgIpc) is 2.42. The number of aliphatic hydroxyl groups excluding tert-OH is 1. The standard InChI is InChI=1S/C14H14BrNO5/c1-7(17)12(14(19)20)16-13(18)9-4-8-5-10(15)2-3-11(8)21-6-9/h2-5,7,12,17H,6H2,1H3,(H,16,18)(H,19,20). The Morgan fingerprint density at radius 1 is 1.43 bits per heavy atom. The topological polar surface area (TPSA) is 95.9 Å². The summed E-state index contributed by atoms with van der Waals surface area (Å²) in [6.07, 6.45) is 0.442. The van der Waals surface area contributed by atoms with Crippen molar-refractivity contribution in [2.45, 2.75) is 19.1 Å². The summed E-state index contributed by atoms with van der Waals surface area (Å²) < 4.78 is 6.30. The number of aliphatic carboxylic acids is 1. The van der Waals surface area contributed by atoms with Crippen molar-refractivity contribution in [2.75, 3.05) is 6.61 Å². The molecule has 1 aromatic rings. The molecule has 1 aliphatic rings. The lowest BCUT2D eigenvalue weighted by Gasteiger charge is -2.21. The Bertz CT molecular complexity index is 611. The SMILES string of the molecule is CC(O)C(NC(=O)C1=Cc2cc(Br)ccc2OC1)C(=O)O. The van der Waals surface area contributed by atoms with E-state index in [2.05, 4.69) is 21.2 Å². The first-order valence-electron chi connectivity index (χ1n) is 6.23. The highest BCUT2D eigenvalue weighted by Crippen LogP contribution is 2.29. The number of rotatable bonds is 4. The lowest BCUT2D eigenvalue weighted by atomic mass is 10.1. The first-order valence-corrected chi connectivity index (χ1v) is 7.02. The van der Waals surface area contributed by atoms with Gasteiger partial charge in [-0.1, -0.05) is 15.9 Å². The Labute approximate surface area is 129 Å². The largest absolute Gasteiger partial charge is 0.488 e. The van der Waals surface area contributed by atoms with Crippen LogP contribution < -0.4 is 10.1 Å². The van der Waals surface area contributed by atoms with Crippen molar-refractivity contribution in [1.82, 2.24) is 5.32 Å². The lowest BCUT2D eigenvalue weighted by molar-refractivity contribution is -0.144. The predicted molar refractivity (Wildman–Crippen MR) is 78.9 cm³/mol. The van der Waals surface area contributed by atoms with Crippen molar-refractivity contribution >= 4 is 33.9 Å². The van der Waals surface area contributed by atoms with Crippen molar-refractivity contribution in [3.63, 3.8) is 0 Å². The van der Waals surface area contributed by atoms with Crippen LogP contribution in [0.25, 0.3) is 6.08 Å². The summed E-state index contributed by atoms with van der Waals surface area (Å²) >= 11 is 3.33. The van der Waals surface area contributed by atoms with Crippen molar-refractivity contribution < 1.29 is 24.5 Å². The van der Waals surface area contributed by atoms with Gasteiger partial charge in [-0.05, 0) is 31.2 Å². The van der Waals surface area contributed by atoms with E-state index in [1.165, 1.54) is 6.92 Å². The number of fused-ring (bicyclic) bond motifs is 1. The molecule has 0 radical (unpaired) electrons. The number of ether oxygens (including phenoxy) is 1. The predicted octanol–water partition coefficient (Wildman–Crippen LogP) is 1.18. The molecule has 0 spiro atoms. The highest BCUT2D eigenvalue weighted by Gasteiger charge is 2.27. The van der Waals surface area contributed by atoms with Crippen molar-refractivity contribution in [3.8, 4) is 5.75 Å². The Hall–Kier alpha value is -1.86. The van der Waals surface area contributed by atoms with Gasteiger partial charge in [0.25, 0.3) is 5.91 Å². The molecule has 0 fully saturated rings. The summed E-state index contributed by atoms with van der Waals surface area (Å²) in [6, 6.07) is 4.04. The molecule has 0 aromatic heterocycles. The van der Waals surface area contributed by atoms with Gasteiger partial charge >= 0.3 is 5.97 Å². The van der Waals surface area contributed by atoms with Crippen LogP contribution in [0, 0.1) is 0 Å². The maximum Gasteiger partial charge on any atom is 0.328 e. The number of aliphatic hydroxyl groups is 1. The molecule has 3 N–H and O–H groups in total. The number of hydrogen-bond donors (Lipinski definition) is 3. The van der Waals surface area contributed by atoms with Gasteiger partial charge in [0.2, 0.25) is 0 Å². The molecule has 0 saturated heterocycles. The molecule has 6 nitrogen and oxygen atoms in total. The molecule has 1 amide bonds. The fourth-order valence-electron chi connectivity index (χ4n) is 1.90. The molecule has 2 rings (SSSR count). The zero-order valence-electron chi connectivity index (χ0n) is 11.2. The van der Waals surface area contributed by atoms with E-state index >= 15 is 0 Å². The zero-order valence-corrected chi connectivity index (χ0v) is 12.8. The van der Waals surface area contributed by atoms with Gasteiger partial charge in [-0.3, -0.25) is 4.79 Å². The maximum atomic E-state index is 12.1. The fraction of sp³-hybridized carbons (Fsp3) is 0.286. The van der Waals surface area contributed by atoms with Crippen LogP contribution in [0.5, 0.6) is 5.75 Å². The van der Waals surface area contributed by atoms with Crippen LogP contribution in [-0.4, -0.2) is 40.8 Å². The number of nitrogens with one attached hydrogen (secondary N) is 1. The number of amides is 1. The van der Waals surface area contributed by atoms with Crippen LogP contribution in [-0.2, 0) is 9.59 Å². The van der Waals surface area contributed by atoms with Gasteiger partial charge in [0.1, 0.15) is 12.4 Å². The van der Waals surface area contributed by atoms with E-state index in [-0.39, 0.29) is 6.61 Å². The summed E-state index contributed by atoms with van der Waals surface area (Å²) in [4.78, 5) is 23.0. The average molecular weight is 356 g/mol. The van der Waals surface area contributed by atoms with E-state index in [4.69, 9.17) is 9.84 Å². The molecule has 2 atom stereocenters. The Kier molecular flexibility index (Phi) is 4.64. The Balaban J connectivity index is 2.19. The van der Waals surface area contributed by atoms with Crippen LogP contribution >= 0.6 is 15.9 Å². The summed E-state index contributed by atoms with van der Waals surface area (Å²) in [6.45, 7) is 1.35. The number of hydrogen-bond acceptors (Lipinski definition) is 4. The van der Waals surface area contributed by atoms with Gasteiger partial charge in [0.05, 0.1) is 11.7 Å². The molecule has 0 saturated carbocycles. The van der Waals surface area contributed by atoms with Crippen molar-refractivity contribution in [2.24, 2.45) is 0 Å². The zero-order chi connectivity index (χ0) is 15.6. The monoisotopic (exact) mass is 355 g/mol. The van der Waals surface area contributed by atoms with E-state index in [9.17, 15) is 14.7 Å². The lowest BCUT2D eigenvalue weighted by Crippen LogP contribution is -2.48. The van der Waals surface area contributed by atoms with Gasteiger partial charge in [-0.15, -0.1) is 0 Å². The first-order chi connectivity index (χ1) is 9.88. The fourth-order valence-corrected chi connectivity index (χ4v) is 2.28. The molecule has 21 heavy (non-hydrogen) atoms. The smallest absolute Gasteiger partial charge is 0.328 e. The van der Waals surface area contributed by atoms with Gasteiger partial charge in [-0.25, -0.2) is 4.79 Å². The highest BCUT2D eigenvalue weighted by atomic mass is 79.9. The number of halogens is 1. The quantitative estimate of drug-likeness (QED) is 0.753. The van der Waals surface area contributed by atoms with Crippen molar-refractivity contribution in [1.29, 1.82) is 0 Å². The minimum absolute atomic E-state index is 0.0482. The number of carbonyl (C=O) groups is 2. The summed E-state index contributed by atoms with van der Waals surface area (Å²) in [7, 11) is 0. The Morgan fingerprint density at radius 3 is 2.76 bits per heavy atom. The minimum atomic E-state index is -1.36. The molecule has 0 bridgehead atoms. The molecular weight excluding hydrogens is 342 g/mol. The third kappa shape index (κ3) is 3.62. The molecule has 1 aliphatic heterocycles. The molecule has 1 heterocycles. The van der Waals surface area contributed by atoms with Gasteiger partial charge in [-0.2, -0.15) is 0 Å². The summed E-state index contributed by atoms with van der Waals surface area (Å²) in [5.74, 6) is -1.21. The highest BCUT2D eigenvalue weighted by molar-refractivity contribution is 9.10. The van der Waals surface area contributed by atoms with E-state index in [1.807, 2.05) is 6.07 Å². The normalized spacial score (nSPS) is 16.0. The molecule has 2 unspecified atom stereocenters. The third-order valence-electron chi connectivity index (χ3n) is 3.01. The van der Waals surface area contributed by atoms with Crippen LogP contribution in [0.1, 0.15) is 12.5 Å². The summed E-state index contributed by atoms with van der Waals surface area (Å²) in [5.41, 5.74) is 1.03. The van der Waals surface area contributed by atoms with Crippen LogP contribution in [0.4, 0.5) is 0 Å². The van der Waals surface area contributed by atoms with E-state index in [0.29, 0.717) is 11.3 Å². The second-order valence-electron chi connectivity index (χ2n) is 4.67. The van der Waals surface area contributed by atoms with E-state index < -0.39 is 24.0 Å². The Morgan fingerprint density at radius 2 is 2.14 bits per heavy atom. The number of carboxylic acid groups (broad SMARTS) is 1. The van der Waals surface area contributed by atoms with E-state index in [1.54, 1.807) is 18.2 Å². The minimum Gasteiger partial charge on any atom is -0.488 e. The van der Waals surface area contributed by atoms with Crippen molar-refractivity contribution in [3.05, 3.63) is 33.8 Å². The second kappa shape index (κ2) is 6.28. The number of benzene rings is 1. The molecular formula is C14H14BrNO5. The van der Waals surface area contributed by atoms with Gasteiger partial charge in [0.15, 0.2) is 6.04 Å². The molecule has 112 valence electrons. The maximum absolute atomic E-state index is 12.1. The van der Waals surface area contributed by atoms with Gasteiger partial charge in [0, 0.05) is 10.0 Å². The number of carboxylic acids is 1. The number of carbonyl (C=O) groups excluding carboxylic acids is 1. The van der Waals surface area contributed by atoms with Crippen LogP contribution in [0.3, 0.4) is 0 Å². The molecule has 1 aromatic carbocycles. The third-order valence-corrected chi connectivity index (χ3v) is 3.50. The molecule has 0 aliphatic carbocycles. The van der Waals surface area contributed by atoms with Crippen LogP contribution in [0.2, 0.25) is 0 Å². The first kappa shape index (κ1) is 15.5. The summed E-state index contributed by atoms with van der Waals surface area (Å²) in [5, 5.41) is 20.6. The second-order valence-corrected chi connectivity index (χ2v) is 5.59. The van der Waals surface area contributed by atoms with Gasteiger partial charge < -0.3 is 20.3 Å².